The molecule has 2 aromatic rings. The molecular weight excluding hydrogens is 416 g/mol. The van der Waals surface area contributed by atoms with Crippen LogP contribution in [0.5, 0.6) is 11.5 Å². The fourth-order valence-electron chi connectivity index (χ4n) is 3.80. The second kappa shape index (κ2) is 10.0. The van der Waals surface area contributed by atoms with Crippen LogP contribution >= 0.6 is 0 Å². The topological polar surface area (TPSA) is 103 Å². The van der Waals surface area contributed by atoms with Gasteiger partial charge < -0.3 is 29.2 Å². The van der Waals surface area contributed by atoms with E-state index < -0.39 is 24.0 Å². The van der Waals surface area contributed by atoms with Gasteiger partial charge in [-0.2, -0.15) is 0 Å². The number of anilines is 1. The number of hydrogen-bond donors (Lipinski definition) is 1. The number of rotatable bonds is 6. The summed E-state index contributed by atoms with van der Waals surface area (Å²) in [6, 6.07) is 9.17. The number of urea groups is 1. The van der Waals surface area contributed by atoms with Crippen LogP contribution in [-0.4, -0.2) is 57.9 Å². The van der Waals surface area contributed by atoms with Gasteiger partial charge in [0.1, 0.15) is 0 Å². The van der Waals surface area contributed by atoms with Crippen molar-refractivity contribution < 1.29 is 33.3 Å². The molecule has 0 aromatic heterocycles. The van der Waals surface area contributed by atoms with Crippen molar-refractivity contribution in [3.05, 3.63) is 53.1 Å². The van der Waals surface area contributed by atoms with E-state index in [1.54, 1.807) is 42.3 Å². The number of fused-ring (bicyclic) bond motifs is 1. The molecule has 9 heteroatoms. The number of benzene rings is 2. The first-order valence-corrected chi connectivity index (χ1v) is 10.00. The molecule has 1 heterocycles. The molecule has 0 fully saturated rings. The van der Waals surface area contributed by atoms with Crippen molar-refractivity contribution in [1.29, 1.82) is 0 Å². The lowest BCUT2D eigenvalue weighted by Crippen LogP contribution is -2.43. The predicted molar refractivity (Wildman–Crippen MR) is 116 cm³/mol. The van der Waals surface area contributed by atoms with Gasteiger partial charge in [-0.05, 0) is 41.8 Å². The van der Waals surface area contributed by atoms with Crippen LogP contribution in [0, 0.1) is 0 Å². The van der Waals surface area contributed by atoms with Gasteiger partial charge in [-0.15, -0.1) is 0 Å². The van der Waals surface area contributed by atoms with Gasteiger partial charge in [0.2, 0.25) is 0 Å². The Balaban J connectivity index is 1.96. The van der Waals surface area contributed by atoms with Gasteiger partial charge in [0.15, 0.2) is 11.5 Å². The molecule has 2 aromatic carbocycles. The monoisotopic (exact) mass is 442 g/mol. The number of methoxy groups -OCH3 is 4. The highest BCUT2D eigenvalue weighted by atomic mass is 16.5. The largest absolute Gasteiger partial charge is 0.493 e. The Bertz CT molecular complexity index is 1020. The summed E-state index contributed by atoms with van der Waals surface area (Å²) in [5.41, 5.74) is 2.28. The molecule has 0 unspecified atom stereocenters. The lowest BCUT2D eigenvalue weighted by molar-refractivity contribution is -0.141. The number of nitrogens with one attached hydrogen (secondary N) is 1. The van der Waals surface area contributed by atoms with Gasteiger partial charge in [-0.1, -0.05) is 12.1 Å². The molecule has 1 N–H and O–H groups in total. The summed E-state index contributed by atoms with van der Waals surface area (Å²) in [5.74, 6) is 0.0608. The minimum Gasteiger partial charge on any atom is -0.493 e. The molecule has 1 aliphatic heterocycles. The quantitative estimate of drug-likeness (QED) is 0.685. The third-order valence-electron chi connectivity index (χ3n) is 5.43. The Hall–Kier alpha value is -3.75. The molecule has 32 heavy (non-hydrogen) atoms. The van der Waals surface area contributed by atoms with Crippen LogP contribution < -0.4 is 14.8 Å². The first-order valence-electron chi connectivity index (χ1n) is 10.00. The Morgan fingerprint density at radius 2 is 1.69 bits per heavy atom. The number of nitrogens with zero attached hydrogens (tertiary/aromatic N) is 1. The van der Waals surface area contributed by atoms with E-state index in [0.717, 1.165) is 11.1 Å². The lowest BCUT2D eigenvalue weighted by Gasteiger charge is -2.37. The van der Waals surface area contributed by atoms with E-state index in [9.17, 15) is 14.4 Å². The number of para-hydroxylation sites is 1. The maximum absolute atomic E-state index is 13.3. The van der Waals surface area contributed by atoms with Crippen molar-refractivity contribution >= 4 is 23.7 Å². The Morgan fingerprint density at radius 3 is 2.34 bits per heavy atom. The smallest absolute Gasteiger partial charge is 0.339 e. The van der Waals surface area contributed by atoms with Gasteiger partial charge >= 0.3 is 18.0 Å². The molecule has 2 amide bonds. The van der Waals surface area contributed by atoms with Crippen molar-refractivity contribution in [2.45, 2.75) is 18.9 Å². The highest BCUT2D eigenvalue weighted by molar-refractivity contribution is 6.01. The summed E-state index contributed by atoms with van der Waals surface area (Å²) >= 11 is 0. The van der Waals surface area contributed by atoms with Gasteiger partial charge in [0.25, 0.3) is 0 Å². The van der Waals surface area contributed by atoms with Crippen LogP contribution in [0.15, 0.2) is 36.4 Å². The van der Waals surface area contributed by atoms with E-state index >= 15 is 0 Å². The van der Waals surface area contributed by atoms with E-state index in [1.807, 2.05) is 6.07 Å². The van der Waals surface area contributed by atoms with Gasteiger partial charge in [0, 0.05) is 6.54 Å². The third-order valence-corrected chi connectivity index (χ3v) is 5.43. The Morgan fingerprint density at radius 1 is 1.00 bits per heavy atom. The van der Waals surface area contributed by atoms with Gasteiger partial charge in [0.05, 0.1) is 52.2 Å². The van der Waals surface area contributed by atoms with Crippen LogP contribution in [-0.2, 0) is 20.7 Å². The molecule has 1 atom stereocenters. The molecule has 3 rings (SSSR count). The average molecular weight is 442 g/mol. The van der Waals surface area contributed by atoms with E-state index in [-0.39, 0.29) is 12.0 Å². The zero-order chi connectivity index (χ0) is 23.3. The zero-order valence-electron chi connectivity index (χ0n) is 18.5. The van der Waals surface area contributed by atoms with Gasteiger partial charge in [-0.3, -0.25) is 4.79 Å². The molecule has 0 spiro atoms. The third kappa shape index (κ3) is 4.61. The molecule has 0 saturated heterocycles. The molecular formula is C23H26N2O7. The first kappa shape index (κ1) is 22.9. The van der Waals surface area contributed by atoms with E-state index in [1.165, 1.54) is 21.3 Å². The van der Waals surface area contributed by atoms with E-state index in [0.29, 0.717) is 30.2 Å². The average Bonchev–Trinajstić information content (AvgIpc) is 2.82. The van der Waals surface area contributed by atoms with Crippen LogP contribution in [0.3, 0.4) is 0 Å². The predicted octanol–water partition coefficient (Wildman–Crippen LogP) is 3.18. The maximum Gasteiger partial charge on any atom is 0.339 e. The van der Waals surface area contributed by atoms with Crippen molar-refractivity contribution in [3.8, 4) is 11.5 Å². The SMILES string of the molecule is COC(=O)C[C@H]1c2cc(OC)c(OC)cc2CCN1C(=O)Nc1ccccc1C(=O)OC. The van der Waals surface area contributed by atoms with E-state index in [2.05, 4.69) is 5.32 Å². The number of ether oxygens (including phenoxy) is 4. The Kier molecular flexibility index (Phi) is 7.19. The van der Waals surface area contributed by atoms with Crippen molar-refractivity contribution in [3.63, 3.8) is 0 Å². The highest BCUT2D eigenvalue weighted by Crippen LogP contribution is 2.40. The number of hydrogen-bond acceptors (Lipinski definition) is 7. The van der Waals surface area contributed by atoms with Crippen molar-refractivity contribution in [2.75, 3.05) is 40.3 Å². The van der Waals surface area contributed by atoms with Crippen LogP contribution in [0.4, 0.5) is 10.5 Å². The second-order valence-corrected chi connectivity index (χ2v) is 7.11. The molecule has 0 aliphatic carbocycles. The molecule has 9 nitrogen and oxygen atoms in total. The van der Waals surface area contributed by atoms with Crippen molar-refractivity contribution in [1.82, 2.24) is 4.90 Å². The van der Waals surface area contributed by atoms with Crippen LogP contribution in [0.2, 0.25) is 0 Å². The summed E-state index contributed by atoms with van der Waals surface area (Å²) in [6.45, 7) is 0.358. The minimum atomic E-state index is -0.587. The van der Waals surface area contributed by atoms with Gasteiger partial charge in [-0.25, -0.2) is 9.59 Å². The highest BCUT2D eigenvalue weighted by Gasteiger charge is 2.34. The minimum absolute atomic E-state index is 0.0367. The first-order chi connectivity index (χ1) is 15.4. The second-order valence-electron chi connectivity index (χ2n) is 7.11. The standard InChI is InChI=1S/C23H26N2O7/c1-29-19-11-14-9-10-25(18(13-21(26)31-3)16(14)12-20(19)30-2)23(28)24-17-8-6-5-7-15(17)22(27)32-4/h5-8,11-12,18H,9-10,13H2,1-4H3,(H,24,28)/t18-/m0/s1. The lowest BCUT2D eigenvalue weighted by atomic mass is 9.90. The summed E-state index contributed by atoms with van der Waals surface area (Å²) in [4.78, 5) is 39.0. The van der Waals surface area contributed by atoms with E-state index in [4.69, 9.17) is 18.9 Å². The fraction of sp³-hybridized carbons (Fsp3) is 0.348. The molecule has 0 radical (unpaired) electrons. The number of amides is 2. The molecule has 1 aliphatic rings. The van der Waals surface area contributed by atoms with Crippen LogP contribution in [0.25, 0.3) is 0 Å². The summed E-state index contributed by atoms with van der Waals surface area (Å²) in [5, 5.41) is 2.78. The summed E-state index contributed by atoms with van der Waals surface area (Å²) < 4.78 is 20.5. The summed E-state index contributed by atoms with van der Waals surface area (Å²) in [7, 11) is 5.66. The summed E-state index contributed by atoms with van der Waals surface area (Å²) in [6.07, 6.45) is 0.518. The molecule has 0 saturated carbocycles. The number of carbonyl (C=O) groups excluding carboxylic acids is 3. The normalized spacial score (nSPS) is 14.8. The van der Waals surface area contributed by atoms with Crippen LogP contribution in [0.1, 0.15) is 33.9 Å². The number of carbonyl (C=O) groups is 3. The molecule has 0 bridgehead atoms. The van der Waals surface area contributed by atoms with Crippen molar-refractivity contribution in [2.24, 2.45) is 0 Å². The zero-order valence-corrected chi connectivity index (χ0v) is 18.5. The Labute approximate surface area is 186 Å². The number of esters is 2. The maximum atomic E-state index is 13.3. The molecule has 170 valence electrons. The fourth-order valence-corrected chi connectivity index (χ4v) is 3.80.